The van der Waals surface area contributed by atoms with Crippen LogP contribution >= 0.6 is 27.7 Å². The molecule has 0 saturated carbocycles. The number of amides is 1. The van der Waals surface area contributed by atoms with E-state index in [1.54, 1.807) is 17.0 Å². The Morgan fingerprint density at radius 2 is 2.00 bits per heavy atom. The summed E-state index contributed by atoms with van der Waals surface area (Å²) in [5.41, 5.74) is 1.15. The molecule has 2 aliphatic rings. The first-order valence-electron chi connectivity index (χ1n) is 7.46. The largest absolute Gasteiger partial charge is 0.457 e. The minimum Gasteiger partial charge on any atom is -0.457 e. The van der Waals surface area contributed by atoms with Crippen LogP contribution in [0.1, 0.15) is 12.7 Å². The Balaban J connectivity index is 1.66. The van der Waals surface area contributed by atoms with Crippen molar-refractivity contribution >= 4 is 50.7 Å². The van der Waals surface area contributed by atoms with E-state index in [1.807, 2.05) is 43.5 Å². The lowest BCUT2D eigenvalue weighted by Gasteiger charge is -2.21. The molecule has 7 heteroatoms. The summed E-state index contributed by atoms with van der Waals surface area (Å²) in [4.78, 5) is 18.9. The molecule has 0 saturated heterocycles. The first kappa shape index (κ1) is 16.1. The molecule has 0 radical (unpaired) electrons. The van der Waals surface area contributed by atoms with Crippen LogP contribution in [0.2, 0.25) is 0 Å². The molecular formula is C18H12BrN3O2S. The lowest BCUT2D eigenvalue weighted by atomic mass is 10.1. The average molecular weight is 414 g/mol. The number of nitrogens with one attached hydrogen (secondary N) is 1. The van der Waals surface area contributed by atoms with Crippen LogP contribution in [-0.4, -0.2) is 21.8 Å². The van der Waals surface area contributed by atoms with Crippen molar-refractivity contribution in [3.8, 4) is 11.3 Å². The van der Waals surface area contributed by atoms with Crippen molar-refractivity contribution in [3.05, 3.63) is 63.3 Å². The average Bonchev–Trinajstić information content (AvgIpc) is 3.18. The first-order chi connectivity index (χ1) is 12.0. The topological polar surface area (TPSA) is 69.7 Å². The summed E-state index contributed by atoms with van der Waals surface area (Å²) in [5.74, 6) is 0.900. The molecule has 0 atom stereocenters. The summed E-state index contributed by atoms with van der Waals surface area (Å²) < 4.78 is 6.81. The predicted molar refractivity (Wildman–Crippen MR) is 103 cm³/mol. The van der Waals surface area contributed by atoms with Crippen molar-refractivity contribution in [1.82, 2.24) is 4.90 Å². The van der Waals surface area contributed by atoms with Gasteiger partial charge in [0.15, 0.2) is 5.17 Å². The van der Waals surface area contributed by atoms with E-state index >= 15 is 0 Å². The fourth-order valence-corrected chi connectivity index (χ4v) is 3.62. The highest BCUT2D eigenvalue weighted by molar-refractivity contribution is 9.10. The van der Waals surface area contributed by atoms with Crippen molar-refractivity contribution in [1.29, 1.82) is 5.41 Å². The monoisotopic (exact) mass is 413 g/mol. The fourth-order valence-electron chi connectivity index (χ4n) is 2.54. The Morgan fingerprint density at radius 3 is 2.76 bits per heavy atom. The SMILES string of the molecule is CC1=CN2C(=N)/C(=C/c3ccc(-c4ccc(Br)cc4)o3)C(=O)N=C2S1. The van der Waals surface area contributed by atoms with E-state index in [0.29, 0.717) is 16.7 Å². The smallest absolute Gasteiger partial charge is 0.283 e. The molecule has 2 aromatic rings. The van der Waals surface area contributed by atoms with Gasteiger partial charge in [-0.05, 0) is 37.3 Å². The molecule has 3 heterocycles. The molecule has 25 heavy (non-hydrogen) atoms. The summed E-state index contributed by atoms with van der Waals surface area (Å²) in [7, 11) is 0. The number of halogens is 1. The quantitative estimate of drug-likeness (QED) is 0.712. The molecule has 1 aromatic heterocycles. The Morgan fingerprint density at radius 1 is 1.24 bits per heavy atom. The number of carbonyl (C=O) groups excluding carboxylic acids is 1. The molecule has 0 spiro atoms. The lowest BCUT2D eigenvalue weighted by molar-refractivity contribution is -0.114. The van der Waals surface area contributed by atoms with E-state index in [-0.39, 0.29) is 11.4 Å². The summed E-state index contributed by atoms with van der Waals surface area (Å²) >= 11 is 4.79. The summed E-state index contributed by atoms with van der Waals surface area (Å²) in [6, 6.07) is 11.4. The Kier molecular flexibility index (Phi) is 3.97. The molecule has 124 valence electrons. The van der Waals surface area contributed by atoms with Crippen LogP contribution in [0.3, 0.4) is 0 Å². The maximum Gasteiger partial charge on any atom is 0.283 e. The zero-order valence-electron chi connectivity index (χ0n) is 13.1. The number of amidine groups is 2. The Bertz CT molecular complexity index is 986. The van der Waals surface area contributed by atoms with Gasteiger partial charge in [0.2, 0.25) is 0 Å². The third kappa shape index (κ3) is 3.01. The number of aliphatic imine (C=N–C) groups is 1. The molecule has 0 fully saturated rings. The van der Waals surface area contributed by atoms with Gasteiger partial charge < -0.3 is 4.42 Å². The highest BCUT2D eigenvalue weighted by Crippen LogP contribution is 2.33. The zero-order valence-corrected chi connectivity index (χ0v) is 15.5. The van der Waals surface area contributed by atoms with Gasteiger partial charge in [-0.15, -0.1) is 0 Å². The molecule has 1 amide bonds. The third-order valence-corrected chi connectivity index (χ3v) is 5.16. The molecule has 0 unspecified atom stereocenters. The third-order valence-electron chi connectivity index (χ3n) is 3.73. The number of carbonyl (C=O) groups is 1. The number of allylic oxidation sites excluding steroid dienone is 1. The second-order valence-electron chi connectivity index (χ2n) is 5.53. The van der Waals surface area contributed by atoms with E-state index in [1.165, 1.54) is 11.8 Å². The Hall–Kier alpha value is -2.38. The number of fused-ring (bicyclic) bond motifs is 1. The van der Waals surface area contributed by atoms with Crippen LogP contribution in [0, 0.1) is 5.41 Å². The molecule has 1 aromatic carbocycles. The number of hydrogen-bond donors (Lipinski definition) is 1. The molecule has 5 nitrogen and oxygen atoms in total. The second kappa shape index (κ2) is 6.16. The molecule has 2 aliphatic heterocycles. The molecule has 0 aliphatic carbocycles. The van der Waals surface area contributed by atoms with E-state index < -0.39 is 5.91 Å². The minimum absolute atomic E-state index is 0.112. The maximum atomic E-state index is 12.3. The summed E-state index contributed by atoms with van der Waals surface area (Å²) in [6.07, 6.45) is 3.38. The minimum atomic E-state index is -0.423. The van der Waals surface area contributed by atoms with Gasteiger partial charge in [-0.25, -0.2) is 0 Å². The van der Waals surface area contributed by atoms with Crippen molar-refractivity contribution in [2.24, 2.45) is 4.99 Å². The summed E-state index contributed by atoms with van der Waals surface area (Å²) in [6.45, 7) is 1.92. The van der Waals surface area contributed by atoms with E-state index in [9.17, 15) is 4.79 Å². The van der Waals surface area contributed by atoms with Crippen molar-refractivity contribution in [2.75, 3.05) is 0 Å². The number of hydrogen-bond acceptors (Lipinski definition) is 4. The maximum absolute atomic E-state index is 12.3. The second-order valence-corrected chi connectivity index (χ2v) is 7.66. The normalized spacial score (nSPS) is 18.5. The fraction of sp³-hybridized carbons (Fsp3) is 0.0556. The van der Waals surface area contributed by atoms with Crippen molar-refractivity contribution < 1.29 is 9.21 Å². The molecule has 4 rings (SSSR count). The zero-order chi connectivity index (χ0) is 17.6. The number of furan rings is 1. The lowest BCUT2D eigenvalue weighted by Crippen LogP contribution is -2.35. The predicted octanol–water partition coefficient (Wildman–Crippen LogP) is 4.88. The molecule has 1 N–H and O–H groups in total. The molecular weight excluding hydrogens is 402 g/mol. The van der Waals surface area contributed by atoms with Crippen LogP contribution in [0.4, 0.5) is 0 Å². The van der Waals surface area contributed by atoms with Gasteiger partial charge in [0.1, 0.15) is 17.4 Å². The van der Waals surface area contributed by atoms with Gasteiger partial charge in [-0.1, -0.05) is 39.8 Å². The van der Waals surface area contributed by atoms with Gasteiger partial charge in [0.05, 0.1) is 5.57 Å². The van der Waals surface area contributed by atoms with Crippen LogP contribution in [0.25, 0.3) is 17.4 Å². The van der Waals surface area contributed by atoms with Crippen LogP contribution < -0.4 is 0 Å². The van der Waals surface area contributed by atoms with Gasteiger partial charge in [0, 0.05) is 21.1 Å². The van der Waals surface area contributed by atoms with Crippen molar-refractivity contribution in [2.45, 2.75) is 6.92 Å². The van der Waals surface area contributed by atoms with Crippen molar-refractivity contribution in [3.63, 3.8) is 0 Å². The van der Waals surface area contributed by atoms with Crippen LogP contribution in [-0.2, 0) is 4.79 Å². The van der Waals surface area contributed by atoms with E-state index in [2.05, 4.69) is 20.9 Å². The highest BCUT2D eigenvalue weighted by Gasteiger charge is 2.33. The molecule has 0 bridgehead atoms. The van der Waals surface area contributed by atoms with Gasteiger partial charge in [-0.2, -0.15) is 4.99 Å². The van der Waals surface area contributed by atoms with Crippen LogP contribution in [0.15, 0.2) is 67.0 Å². The van der Waals surface area contributed by atoms with Gasteiger partial charge in [-0.3, -0.25) is 15.1 Å². The standard InChI is InChI=1S/C18H12BrN3O2S/c1-10-9-22-16(20)14(17(23)21-18(22)25-10)8-13-6-7-15(24-13)11-2-4-12(19)5-3-11/h2-9,20H,1H3/b14-8-,20-16?. The highest BCUT2D eigenvalue weighted by atomic mass is 79.9. The van der Waals surface area contributed by atoms with E-state index in [0.717, 1.165) is 14.9 Å². The van der Waals surface area contributed by atoms with Crippen LogP contribution in [0.5, 0.6) is 0 Å². The summed E-state index contributed by atoms with van der Waals surface area (Å²) in [5, 5.41) is 8.82. The van der Waals surface area contributed by atoms with Gasteiger partial charge >= 0.3 is 0 Å². The number of nitrogens with zero attached hydrogens (tertiary/aromatic N) is 2. The van der Waals surface area contributed by atoms with E-state index in [4.69, 9.17) is 9.83 Å². The number of thioether (sulfide) groups is 1. The number of benzene rings is 1. The number of rotatable bonds is 2. The Labute approximate surface area is 156 Å². The first-order valence-corrected chi connectivity index (χ1v) is 9.07. The van der Waals surface area contributed by atoms with Gasteiger partial charge in [0.25, 0.3) is 5.91 Å².